The largest absolute Gasteiger partial charge is 2.00 e. The van der Waals surface area contributed by atoms with E-state index in [2.05, 4.69) is 150 Å². The van der Waals surface area contributed by atoms with E-state index < -0.39 is 0 Å². The Labute approximate surface area is 263 Å². The van der Waals surface area contributed by atoms with Crippen LogP contribution < -0.4 is 0 Å². The fraction of sp³-hybridized carbons (Fsp3) is 0.211. The van der Waals surface area contributed by atoms with Crippen molar-refractivity contribution in [3.8, 4) is 22.3 Å². The maximum Gasteiger partial charge on any atom is 2.00 e. The molecule has 6 rings (SSSR count). The van der Waals surface area contributed by atoms with E-state index in [1.165, 1.54) is 66.1 Å². The topological polar surface area (TPSA) is 0 Å². The van der Waals surface area contributed by atoms with Crippen LogP contribution in [0.2, 0.25) is 13.1 Å². The first-order chi connectivity index (χ1) is 19.0. The van der Waals surface area contributed by atoms with Gasteiger partial charge >= 0.3 is 26.2 Å². The zero-order valence-electron chi connectivity index (χ0n) is 24.8. The molecule has 0 atom stereocenters. The van der Waals surface area contributed by atoms with Crippen LogP contribution in [0.4, 0.5) is 0 Å². The molecule has 0 aliphatic carbocycles. The molecule has 0 unspecified atom stereocenters. The van der Waals surface area contributed by atoms with Gasteiger partial charge in [-0.05, 0) is 35.1 Å². The van der Waals surface area contributed by atoms with Crippen molar-refractivity contribution in [2.75, 3.05) is 0 Å². The second-order valence-corrected chi connectivity index (χ2v) is 11.2. The van der Waals surface area contributed by atoms with Gasteiger partial charge in [-0.1, -0.05) is 113 Å². The number of fused-ring (bicyclic) bond motifs is 2. The fourth-order valence-corrected chi connectivity index (χ4v) is 5.42. The van der Waals surface area contributed by atoms with Crippen molar-refractivity contribution < 1.29 is 26.2 Å². The van der Waals surface area contributed by atoms with Crippen molar-refractivity contribution >= 4 is 31.1 Å². The van der Waals surface area contributed by atoms with Crippen molar-refractivity contribution in [2.24, 2.45) is 0 Å². The van der Waals surface area contributed by atoms with Crippen LogP contribution in [-0.2, 0) is 39.0 Å². The van der Waals surface area contributed by atoms with Gasteiger partial charge in [0.15, 0.2) is 0 Å². The van der Waals surface area contributed by atoms with Crippen molar-refractivity contribution in [3.63, 3.8) is 0 Å². The minimum atomic E-state index is 0. The first-order valence-corrected chi connectivity index (χ1v) is 16.1. The van der Waals surface area contributed by atoms with Gasteiger partial charge in [0, 0.05) is 9.52 Å². The Kier molecular flexibility index (Phi) is 12.1. The first-order valence-electron chi connectivity index (χ1n) is 14.1. The fourth-order valence-electron chi connectivity index (χ4n) is 5.42. The molecular weight excluding hydrogens is 576 g/mol. The number of hydrogen-bond acceptors (Lipinski definition) is 0. The molecule has 0 bridgehead atoms. The average Bonchev–Trinajstić information content (AvgIpc) is 3.54. The van der Waals surface area contributed by atoms with Crippen molar-refractivity contribution in [1.29, 1.82) is 0 Å². The Morgan fingerprint density at radius 3 is 1.25 bits per heavy atom. The Bertz CT molecular complexity index is 1530. The Balaban J connectivity index is 0.000000197. The molecule has 0 saturated carbocycles. The molecule has 0 amide bonds. The quantitative estimate of drug-likeness (QED) is 0.137. The first kappa shape index (κ1) is 31.7. The molecule has 0 heterocycles. The van der Waals surface area contributed by atoms with E-state index in [1.54, 1.807) is 0 Å². The molecule has 0 saturated heterocycles. The standard InChI is InChI=1S/2C18H17.C2H6Si.Zr/c2*1-3-14-7-4-5-9-16(14)17-10-6-8-15-11-13(2)12-18(15)17;1-3-2;/h2*4-12H,3H2,1-2H3;1-2H3;/q2*-1;;+2. The molecule has 200 valence electrons. The van der Waals surface area contributed by atoms with Crippen LogP contribution in [0.3, 0.4) is 0 Å². The summed E-state index contributed by atoms with van der Waals surface area (Å²) in [5.41, 5.74) is 11.0. The summed E-state index contributed by atoms with van der Waals surface area (Å²) in [4.78, 5) is 0. The summed E-state index contributed by atoms with van der Waals surface area (Å²) < 4.78 is 0. The summed E-state index contributed by atoms with van der Waals surface area (Å²) in [6.45, 7) is 13.1. The second-order valence-electron chi connectivity index (χ2n) is 10.2. The van der Waals surface area contributed by atoms with Crippen LogP contribution in [0.1, 0.15) is 36.1 Å². The van der Waals surface area contributed by atoms with Crippen LogP contribution >= 0.6 is 0 Å². The van der Waals surface area contributed by atoms with Crippen LogP contribution in [0.25, 0.3) is 43.8 Å². The van der Waals surface area contributed by atoms with Crippen LogP contribution in [0.15, 0.2) is 109 Å². The van der Waals surface area contributed by atoms with Gasteiger partial charge in [0.05, 0.1) is 0 Å². The van der Waals surface area contributed by atoms with Crippen LogP contribution in [0.5, 0.6) is 0 Å². The Morgan fingerprint density at radius 1 is 0.525 bits per heavy atom. The molecule has 2 radical (unpaired) electrons. The smallest absolute Gasteiger partial charge is 0.165 e. The van der Waals surface area contributed by atoms with Crippen molar-refractivity contribution in [2.45, 2.75) is 53.6 Å². The SMILES string of the molecule is CCc1ccccc1-c1cccc2[cH-]c(C)cc12.CCc1ccccc1-c1cccc2[cH-]c(C)cc12.C[Si]C.[Zr+2]. The number of benzene rings is 4. The zero-order chi connectivity index (χ0) is 27.8. The summed E-state index contributed by atoms with van der Waals surface area (Å²) in [5, 5.41) is 5.43. The minimum absolute atomic E-state index is 0. The van der Waals surface area contributed by atoms with Gasteiger partial charge in [0.1, 0.15) is 0 Å². The molecule has 0 aliphatic rings. The molecule has 0 spiro atoms. The summed E-state index contributed by atoms with van der Waals surface area (Å²) in [6.07, 6.45) is 2.15. The van der Waals surface area contributed by atoms with Gasteiger partial charge in [-0.2, -0.15) is 12.1 Å². The summed E-state index contributed by atoms with van der Waals surface area (Å²) >= 11 is 0. The van der Waals surface area contributed by atoms with Gasteiger partial charge in [-0.3, -0.25) is 0 Å². The van der Waals surface area contributed by atoms with Crippen molar-refractivity contribution in [3.05, 3.63) is 131 Å². The Morgan fingerprint density at radius 2 is 0.875 bits per heavy atom. The second kappa shape index (κ2) is 15.3. The van der Waals surface area contributed by atoms with E-state index in [0.717, 1.165) is 22.4 Å². The van der Waals surface area contributed by atoms with E-state index in [-0.39, 0.29) is 26.2 Å². The van der Waals surface area contributed by atoms with E-state index in [9.17, 15) is 0 Å². The zero-order valence-corrected chi connectivity index (χ0v) is 28.3. The maximum atomic E-state index is 2.29. The normalized spacial score (nSPS) is 10.3. The summed E-state index contributed by atoms with van der Waals surface area (Å²) in [6, 6.07) is 39.7. The number of hydrogen-bond donors (Lipinski definition) is 0. The van der Waals surface area contributed by atoms with E-state index in [0.29, 0.717) is 0 Å². The van der Waals surface area contributed by atoms with Gasteiger partial charge in [0.25, 0.3) is 0 Å². The Hall–Kier alpha value is -2.80. The van der Waals surface area contributed by atoms with E-state index in [4.69, 9.17) is 0 Å². The van der Waals surface area contributed by atoms with E-state index >= 15 is 0 Å². The number of aryl methyl sites for hydroxylation is 4. The van der Waals surface area contributed by atoms with Crippen molar-refractivity contribution in [1.82, 2.24) is 0 Å². The van der Waals surface area contributed by atoms with Gasteiger partial charge in [-0.15, -0.1) is 69.1 Å². The minimum Gasteiger partial charge on any atom is -0.165 e. The van der Waals surface area contributed by atoms with Crippen LogP contribution in [-0.4, -0.2) is 9.52 Å². The molecule has 0 N–H and O–H groups in total. The third-order valence-corrected chi connectivity index (χ3v) is 7.17. The molecule has 6 aromatic carbocycles. The molecule has 40 heavy (non-hydrogen) atoms. The molecule has 0 nitrogen and oxygen atoms in total. The van der Waals surface area contributed by atoms with E-state index in [1.807, 2.05) is 0 Å². The summed E-state index contributed by atoms with van der Waals surface area (Å²) in [7, 11) is 1.08. The third-order valence-electron chi connectivity index (χ3n) is 7.17. The summed E-state index contributed by atoms with van der Waals surface area (Å²) in [5.74, 6) is 0. The molecule has 0 aliphatic heterocycles. The molecular formula is C38H40SiZr. The molecule has 2 heteroatoms. The molecule has 0 fully saturated rings. The average molecular weight is 616 g/mol. The van der Waals surface area contributed by atoms with Gasteiger partial charge in [0.2, 0.25) is 0 Å². The molecule has 0 aromatic heterocycles. The van der Waals surface area contributed by atoms with Gasteiger partial charge < -0.3 is 0 Å². The third kappa shape index (κ3) is 7.28. The maximum absolute atomic E-state index is 2.29. The monoisotopic (exact) mass is 614 g/mol. The predicted octanol–water partition coefficient (Wildman–Crippen LogP) is 11.0. The molecule has 6 aromatic rings. The van der Waals surface area contributed by atoms with Crippen LogP contribution in [0, 0.1) is 13.8 Å². The van der Waals surface area contributed by atoms with Gasteiger partial charge in [-0.25, -0.2) is 0 Å². The number of rotatable bonds is 4. The predicted molar refractivity (Wildman–Crippen MR) is 176 cm³/mol.